The lowest BCUT2D eigenvalue weighted by atomic mass is 10.2. The van der Waals surface area contributed by atoms with Gasteiger partial charge in [-0.3, -0.25) is 14.2 Å². The van der Waals surface area contributed by atoms with Gasteiger partial charge in [-0.1, -0.05) is 148 Å². The standard InChI is InChI=1S/C50H78NO9P/c1-6-8-10-12-14-16-18-20-21-22-23-25-27-29-31-33-37-41-49(53)57-45-48(46-59-61(55,56)58-44-43-51(3,4)5)60-50(54)42-38-34-36-40-47(52)39-35-32-30-28-26-24-19-17-15-13-11-9-7-2/h8-11,14-17,20-21,23-26,29-32,34-36,39,47-48,52H,6-7,12-13,18-19,22,27-28,33,37-38,40-46H2,1-5H3/b10-8-,11-9-,16-14-,17-15-,21-20-,25-23-,26-24-,31-29-,32-30-,36-34-,39-35-/t47?,48-/m1/s1. The highest BCUT2D eigenvalue weighted by atomic mass is 31.2. The minimum absolute atomic E-state index is 0.00286. The molecule has 0 saturated carbocycles. The molecular formula is C50H78NO9P. The number of carbonyl (C=O) groups excluding carboxylic acids is 2. The predicted octanol–water partition coefficient (Wildman–Crippen LogP) is 11.0. The average molecular weight is 868 g/mol. The second-order valence-corrected chi connectivity index (χ2v) is 16.6. The van der Waals surface area contributed by atoms with Gasteiger partial charge in [0.25, 0.3) is 7.82 Å². The van der Waals surface area contributed by atoms with Crippen LogP contribution in [-0.2, 0) is 32.7 Å². The monoisotopic (exact) mass is 868 g/mol. The summed E-state index contributed by atoms with van der Waals surface area (Å²) >= 11 is 0. The first-order valence-electron chi connectivity index (χ1n) is 22.0. The Hall–Kier alpha value is -3.89. The Morgan fingerprint density at radius 2 is 1.10 bits per heavy atom. The summed E-state index contributed by atoms with van der Waals surface area (Å²) in [5.74, 6) is -1.10. The van der Waals surface area contributed by atoms with Gasteiger partial charge < -0.3 is 33.0 Å². The largest absolute Gasteiger partial charge is 0.756 e. The van der Waals surface area contributed by atoms with E-state index in [1.165, 1.54) is 0 Å². The number of hydrogen-bond donors (Lipinski definition) is 1. The fourth-order valence-corrected chi connectivity index (χ4v) is 5.58. The van der Waals surface area contributed by atoms with E-state index in [4.69, 9.17) is 18.5 Å². The number of nitrogens with zero attached hydrogens (tertiary/aromatic N) is 1. The zero-order valence-electron chi connectivity index (χ0n) is 37.9. The van der Waals surface area contributed by atoms with Crippen molar-refractivity contribution in [1.82, 2.24) is 0 Å². The van der Waals surface area contributed by atoms with Crippen LogP contribution in [0.15, 0.2) is 134 Å². The summed E-state index contributed by atoms with van der Waals surface area (Å²) in [7, 11) is 0.998. The fraction of sp³-hybridized carbons (Fsp3) is 0.520. The van der Waals surface area contributed by atoms with E-state index < -0.39 is 38.6 Å². The molecule has 61 heavy (non-hydrogen) atoms. The van der Waals surface area contributed by atoms with Gasteiger partial charge in [-0.05, 0) is 83.5 Å². The summed E-state index contributed by atoms with van der Waals surface area (Å²) in [6, 6.07) is 0. The Morgan fingerprint density at radius 1 is 0.607 bits per heavy atom. The molecule has 11 heteroatoms. The van der Waals surface area contributed by atoms with E-state index in [2.05, 4.69) is 105 Å². The van der Waals surface area contributed by atoms with Gasteiger partial charge in [0, 0.05) is 12.8 Å². The summed E-state index contributed by atoms with van der Waals surface area (Å²) in [6.45, 7) is 3.68. The third-order valence-electron chi connectivity index (χ3n) is 8.26. The van der Waals surface area contributed by atoms with Crippen molar-refractivity contribution in [2.75, 3.05) is 47.5 Å². The van der Waals surface area contributed by atoms with Gasteiger partial charge in [-0.25, -0.2) is 0 Å². The number of phosphoric acid groups is 1. The molecule has 0 aliphatic rings. The molecule has 0 spiro atoms. The van der Waals surface area contributed by atoms with Gasteiger partial charge in [0.1, 0.15) is 19.8 Å². The normalized spacial score (nSPS) is 15.3. The van der Waals surface area contributed by atoms with Crippen LogP contribution in [0.2, 0.25) is 0 Å². The van der Waals surface area contributed by atoms with Gasteiger partial charge in [0.15, 0.2) is 6.10 Å². The number of rotatable bonds is 37. The molecule has 0 aliphatic carbocycles. The number of unbranched alkanes of at least 4 members (excludes halogenated alkanes) is 1. The summed E-state index contributed by atoms with van der Waals surface area (Å²) in [4.78, 5) is 37.5. The summed E-state index contributed by atoms with van der Waals surface area (Å²) in [6.07, 6.45) is 53.8. The molecule has 0 saturated heterocycles. The lowest BCUT2D eigenvalue weighted by Gasteiger charge is -2.28. The number of hydrogen-bond acceptors (Lipinski definition) is 9. The van der Waals surface area contributed by atoms with Crippen molar-refractivity contribution in [2.45, 2.75) is 122 Å². The molecule has 10 nitrogen and oxygen atoms in total. The molecular weight excluding hydrogens is 790 g/mol. The lowest BCUT2D eigenvalue weighted by molar-refractivity contribution is -0.870. The van der Waals surface area contributed by atoms with Gasteiger partial charge in [-0.2, -0.15) is 0 Å². The minimum Gasteiger partial charge on any atom is -0.756 e. The Bertz CT molecular complexity index is 1510. The molecule has 1 N–H and O–H groups in total. The summed E-state index contributed by atoms with van der Waals surface area (Å²) in [5.41, 5.74) is 0. The molecule has 2 unspecified atom stereocenters. The van der Waals surface area contributed by atoms with Crippen molar-refractivity contribution in [2.24, 2.45) is 0 Å². The van der Waals surface area contributed by atoms with E-state index in [-0.39, 0.29) is 26.1 Å². The molecule has 0 fully saturated rings. The number of ether oxygens (including phenoxy) is 2. The SMILES string of the molecule is CC/C=C\C/C=C\C/C=C\C/C=C\C=C/C(O)C/C=C\CCC(=O)O[C@H](COC(=O)CCC/C=C\C/C=C\C/C=C\C/C=C\C/C=C\CC)COP(=O)([O-])OCC[N+](C)(C)C. The minimum atomic E-state index is -4.70. The van der Waals surface area contributed by atoms with Crippen LogP contribution >= 0.6 is 7.82 Å². The van der Waals surface area contributed by atoms with Crippen LogP contribution in [0.4, 0.5) is 0 Å². The van der Waals surface area contributed by atoms with Crippen LogP contribution in [0.1, 0.15) is 110 Å². The van der Waals surface area contributed by atoms with E-state index in [1.807, 2.05) is 39.4 Å². The van der Waals surface area contributed by atoms with Crippen molar-refractivity contribution in [3.05, 3.63) is 134 Å². The highest BCUT2D eigenvalue weighted by molar-refractivity contribution is 7.45. The molecule has 0 radical (unpaired) electrons. The molecule has 342 valence electrons. The third kappa shape index (κ3) is 44.0. The Kier molecular flexibility index (Phi) is 37.6. The molecule has 0 aromatic heterocycles. The first kappa shape index (κ1) is 57.1. The third-order valence-corrected chi connectivity index (χ3v) is 9.22. The van der Waals surface area contributed by atoms with E-state index in [0.717, 1.165) is 57.8 Å². The molecule has 0 rings (SSSR count). The maximum Gasteiger partial charge on any atom is 0.306 e. The first-order chi connectivity index (χ1) is 29.4. The molecule has 0 bridgehead atoms. The number of carbonyl (C=O) groups is 2. The van der Waals surface area contributed by atoms with Crippen LogP contribution in [0.25, 0.3) is 0 Å². The van der Waals surface area contributed by atoms with E-state index in [9.17, 15) is 24.2 Å². The second kappa shape index (κ2) is 40.2. The second-order valence-electron chi connectivity index (χ2n) is 15.1. The van der Waals surface area contributed by atoms with Crippen LogP contribution in [0.3, 0.4) is 0 Å². The Labute approximate surface area is 369 Å². The number of aliphatic hydroxyl groups excluding tert-OH is 1. The number of likely N-dealkylation sites (N-methyl/N-ethyl adjacent to an activating group) is 1. The first-order valence-corrected chi connectivity index (χ1v) is 23.5. The van der Waals surface area contributed by atoms with Crippen molar-refractivity contribution < 1.29 is 47.2 Å². The van der Waals surface area contributed by atoms with Crippen molar-refractivity contribution >= 4 is 19.8 Å². The van der Waals surface area contributed by atoms with Crippen LogP contribution < -0.4 is 4.89 Å². The quantitative estimate of drug-likeness (QED) is 0.0162. The highest BCUT2D eigenvalue weighted by Gasteiger charge is 2.21. The van der Waals surface area contributed by atoms with E-state index in [0.29, 0.717) is 36.7 Å². The van der Waals surface area contributed by atoms with Gasteiger partial charge in [-0.15, -0.1) is 0 Å². The van der Waals surface area contributed by atoms with Gasteiger partial charge in [0.05, 0.1) is 33.9 Å². The van der Waals surface area contributed by atoms with Gasteiger partial charge in [0.2, 0.25) is 0 Å². The maximum atomic E-state index is 12.7. The number of allylic oxidation sites excluding steroid dienone is 20. The van der Waals surface area contributed by atoms with Crippen LogP contribution in [0, 0.1) is 0 Å². The maximum absolute atomic E-state index is 12.7. The number of esters is 2. The number of aliphatic hydroxyl groups is 1. The molecule has 0 amide bonds. The predicted molar refractivity (Wildman–Crippen MR) is 250 cm³/mol. The van der Waals surface area contributed by atoms with E-state index >= 15 is 0 Å². The van der Waals surface area contributed by atoms with Crippen molar-refractivity contribution in [3.8, 4) is 0 Å². The van der Waals surface area contributed by atoms with Gasteiger partial charge >= 0.3 is 11.9 Å². The Balaban J connectivity index is 4.71. The summed E-state index contributed by atoms with van der Waals surface area (Å²) < 4.78 is 33.6. The number of quaternary nitrogens is 1. The van der Waals surface area contributed by atoms with Crippen molar-refractivity contribution in [1.29, 1.82) is 0 Å². The topological polar surface area (TPSA) is 131 Å². The molecule has 0 heterocycles. The van der Waals surface area contributed by atoms with E-state index in [1.54, 1.807) is 24.3 Å². The zero-order valence-corrected chi connectivity index (χ0v) is 38.8. The number of phosphoric ester groups is 1. The van der Waals surface area contributed by atoms with Crippen molar-refractivity contribution in [3.63, 3.8) is 0 Å². The molecule has 0 aromatic carbocycles. The van der Waals surface area contributed by atoms with Crippen LogP contribution in [0.5, 0.6) is 0 Å². The molecule has 0 aliphatic heterocycles. The summed E-state index contributed by atoms with van der Waals surface area (Å²) in [5, 5.41) is 10.2. The van der Waals surface area contributed by atoms with Crippen LogP contribution in [-0.4, -0.2) is 81.2 Å². The highest BCUT2D eigenvalue weighted by Crippen LogP contribution is 2.38. The molecule has 3 atom stereocenters. The fourth-order valence-electron chi connectivity index (χ4n) is 4.86. The molecule has 0 aromatic rings. The lowest BCUT2D eigenvalue weighted by Crippen LogP contribution is -2.37. The Morgan fingerprint density at radius 3 is 1.62 bits per heavy atom. The zero-order chi connectivity index (χ0) is 45.1. The smallest absolute Gasteiger partial charge is 0.306 e. The average Bonchev–Trinajstić information content (AvgIpc) is 3.21.